The molecule has 8 heteroatoms. The number of para-hydroxylation sites is 1. The molecular weight excluding hydrogens is 296 g/mol. The van der Waals surface area contributed by atoms with E-state index >= 15 is 0 Å². The van der Waals surface area contributed by atoms with Crippen LogP contribution in [0.15, 0.2) is 24.3 Å². The fourth-order valence-electron chi connectivity index (χ4n) is 1.59. The molecule has 106 valence electrons. The highest BCUT2D eigenvalue weighted by Gasteiger charge is 2.17. The fourth-order valence-corrected chi connectivity index (χ4v) is 3.46. The molecule has 1 aromatic heterocycles. The van der Waals surface area contributed by atoms with Gasteiger partial charge in [-0.1, -0.05) is 12.1 Å². The number of thiazole rings is 1. The number of rotatable bonds is 6. The maximum absolute atomic E-state index is 11.9. The number of fused-ring (bicyclic) bond motifs is 1. The molecule has 0 amide bonds. The minimum absolute atomic E-state index is 0.151. The first-order chi connectivity index (χ1) is 9.53. The number of nitriles is 1. The number of benzene rings is 1. The molecule has 0 atom stereocenters. The highest BCUT2D eigenvalue weighted by molar-refractivity contribution is 7.87. The maximum atomic E-state index is 11.9. The predicted molar refractivity (Wildman–Crippen MR) is 78.2 cm³/mol. The molecule has 6 nitrogen and oxygen atoms in total. The van der Waals surface area contributed by atoms with Crippen molar-refractivity contribution in [3.8, 4) is 6.07 Å². The van der Waals surface area contributed by atoms with E-state index in [1.54, 1.807) is 0 Å². The zero-order chi connectivity index (χ0) is 14.6. The zero-order valence-electron chi connectivity index (χ0n) is 10.9. The molecule has 0 aliphatic heterocycles. The second-order valence-corrected chi connectivity index (χ2v) is 7.11. The van der Waals surface area contributed by atoms with Gasteiger partial charge < -0.3 is 0 Å². The third-order valence-corrected chi connectivity index (χ3v) is 5.24. The van der Waals surface area contributed by atoms with Crippen molar-refractivity contribution in [2.45, 2.75) is 13.0 Å². The number of hydrogen-bond donors (Lipinski definition) is 1. The van der Waals surface area contributed by atoms with Crippen LogP contribution in [-0.4, -0.2) is 31.3 Å². The van der Waals surface area contributed by atoms with E-state index < -0.39 is 10.2 Å². The second-order valence-electron chi connectivity index (χ2n) is 4.13. The van der Waals surface area contributed by atoms with Gasteiger partial charge in [0.2, 0.25) is 0 Å². The summed E-state index contributed by atoms with van der Waals surface area (Å²) >= 11 is 1.46. The lowest BCUT2D eigenvalue weighted by molar-refractivity contribution is 0.464. The molecule has 0 saturated heterocycles. The van der Waals surface area contributed by atoms with Crippen molar-refractivity contribution in [3.05, 3.63) is 29.3 Å². The molecule has 2 aromatic rings. The van der Waals surface area contributed by atoms with Crippen molar-refractivity contribution < 1.29 is 8.42 Å². The number of aromatic nitrogens is 1. The van der Waals surface area contributed by atoms with E-state index in [4.69, 9.17) is 5.26 Å². The minimum atomic E-state index is -3.57. The van der Waals surface area contributed by atoms with Gasteiger partial charge in [0.25, 0.3) is 10.2 Å². The van der Waals surface area contributed by atoms with Crippen molar-refractivity contribution in [1.29, 1.82) is 5.26 Å². The summed E-state index contributed by atoms with van der Waals surface area (Å²) in [5.74, 6) is 0. The second kappa shape index (κ2) is 6.28. The van der Waals surface area contributed by atoms with Crippen LogP contribution in [0.4, 0.5) is 0 Å². The Morgan fingerprint density at radius 2 is 2.20 bits per heavy atom. The molecular formula is C12H14N4O2S2. The van der Waals surface area contributed by atoms with Crippen LogP contribution >= 0.6 is 11.3 Å². The first kappa shape index (κ1) is 14.9. The third kappa shape index (κ3) is 3.52. The van der Waals surface area contributed by atoms with Gasteiger partial charge in [0.05, 0.1) is 22.8 Å². The average Bonchev–Trinajstić information content (AvgIpc) is 2.85. The molecule has 1 aromatic carbocycles. The number of nitrogens with one attached hydrogen (secondary N) is 1. The Hall–Kier alpha value is -1.53. The summed E-state index contributed by atoms with van der Waals surface area (Å²) < 4.78 is 28.5. The van der Waals surface area contributed by atoms with Crippen molar-refractivity contribution >= 4 is 31.8 Å². The van der Waals surface area contributed by atoms with Gasteiger partial charge in [-0.3, -0.25) is 0 Å². The van der Waals surface area contributed by atoms with Crippen LogP contribution in [0, 0.1) is 11.3 Å². The van der Waals surface area contributed by atoms with Crippen LogP contribution in [0.25, 0.3) is 10.2 Å². The van der Waals surface area contributed by atoms with Gasteiger partial charge in [0.1, 0.15) is 5.01 Å². The fraction of sp³-hybridized carbons (Fsp3) is 0.333. The van der Waals surface area contributed by atoms with Crippen LogP contribution < -0.4 is 4.72 Å². The smallest absolute Gasteiger partial charge is 0.240 e. The van der Waals surface area contributed by atoms with E-state index in [9.17, 15) is 8.42 Å². The van der Waals surface area contributed by atoms with Gasteiger partial charge in [-0.15, -0.1) is 11.3 Å². The van der Waals surface area contributed by atoms with E-state index in [0.717, 1.165) is 14.5 Å². The van der Waals surface area contributed by atoms with Crippen molar-refractivity contribution in [1.82, 2.24) is 14.0 Å². The molecule has 0 aliphatic carbocycles. The molecule has 1 heterocycles. The van der Waals surface area contributed by atoms with Crippen molar-refractivity contribution in [3.63, 3.8) is 0 Å². The quantitative estimate of drug-likeness (QED) is 0.875. The normalized spacial score (nSPS) is 11.8. The Kier molecular flexibility index (Phi) is 4.67. The molecule has 0 unspecified atom stereocenters. The molecule has 0 saturated carbocycles. The standard InChI is InChI=1S/C12H14N4O2S2/c1-16(8-4-7-13)20(17,18)14-9-12-15-10-5-2-3-6-11(10)19-12/h2-3,5-6,14H,4,8-9H2,1H3. The molecule has 2 rings (SSSR count). The van der Waals surface area contributed by atoms with Crippen LogP contribution in [-0.2, 0) is 16.8 Å². The van der Waals surface area contributed by atoms with Gasteiger partial charge >= 0.3 is 0 Å². The zero-order valence-corrected chi connectivity index (χ0v) is 12.5. The van der Waals surface area contributed by atoms with E-state index in [1.165, 1.54) is 18.4 Å². The Labute approximate surface area is 121 Å². The van der Waals surface area contributed by atoms with Crippen LogP contribution in [0.1, 0.15) is 11.4 Å². The van der Waals surface area contributed by atoms with Crippen LogP contribution in [0.5, 0.6) is 0 Å². The average molecular weight is 310 g/mol. The van der Waals surface area contributed by atoms with E-state index in [2.05, 4.69) is 9.71 Å². The Morgan fingerprint density at radius 3 is 2.90 bits per heavy atom. The monoisotopic (exact) mass is 310 g/mol. The van der Waals surface area contributed by atoms with Gasteiger partial charge in [-0.25, -0.2) is 4.98 Å². The van der Waals surface area contributed by atoms with E-state index in [1.807, 2.05) is 30.3 Å². The topological polar surface area (TPSA) is 86.1 Å². The molecule has 0 aliphatic rings. The van der Waals surface area contributed by atoms with E-state index in [-0.39, 0.29) is 19.5 Å². The van der Waals surface area contributed by atoms with Crippen molar-refractivity contribution in [2.24, 2.45) is 0 Å². The molecule has 0 spiro atoms. The third-order valence-electron chi connectivity index (χ3n) is 2.69. The summed E-state index contributed by atoms with van der Waals surface area (Å²) in [5, 5.41) is 9.18. The van der Waals surface area contributed by atoms with Crippen LogP contribution in [0.2, 0.25) is 0 Å². The SMILES string of the molecule is CN(CCC#N)S(=O)(=O)NCc1nc2ccccc2s1. The van der Waals surface area contributed by atoms with E-state index in [0.29, 0.717) is 5.01 Å². The number of nitrogens with zero attached hydrogens (tertiary/aromatic N) is 3. The summed E-state index contributed by atoms with van der Waals surface area (Å²) in [7, 11) is -2.13. The predicted octanol–water partition coefficient (Wildman–Crippen LogP) is 1.48. The van der Waals surface area contributed by atoms with Gasteiger partial charge in [-0.05, 0) is 12.1 Å². The lowest BCUT2D eigenvalue weighted by atomic mass is 10.3. The lowest BCUT2D eigenvalue weighted by Crippen LogP contribution is -2.38. The van der Waals surface area contributed by atoms with Crippen molar-refractivity contribution in [2.75, 3.05) is 13.6 Å². The summed E-state index contributed by atoms with van der Waals surface area (Å²) in [6, 6.07) is 9.57. The molecule has 1 N–H and O–H groups in total. The Balaban J connectivity index is 2.02. The highest BCUT2D eigenvalue weighted by Crippen LogP contribution is 2.21. The van der Waals surface area contributed by atoms with Crippen LogP contribution in [0.3, 0.4) is 0 Å². The summed E-state index contributed by atoms with van der Waals surface area (Å²) in [6.45, 7) is 0.324. The molecule has 0 bridgehead atoms. The largest absolute Gasteiger partial charge is 0.279 e. The molecule has 0 fully saturated rings. The first-order valence-electron chi connectivity index (χ1n) is 5.95. The molecule has 20 heavy (non-hydrogen) atoms. The first-order valence-corrected chi connectivity index (χ1v) is 8.21. The number of hydrogen-bond acceptors (Lipinski definition) is 5. The Morgan fingerprint density at radius 1 is 1.45 bits per heavy atom. The maximum Gasteiger partial charge on any atom is 0.279 e. The minimum Gasteiger partial charge on any atom is -0.240 e. The van der Waals surface area contributed by atoms with Gasteiger partial charge in [-0.2, -0.15) is 22.7 Å². The lowest BCUT2D eigenvalue weighted by Gasteiger charge is -2.15. The summed E-state index contributed by atoms with van der Waals surface area (Å²) in [5.41, 5.74) is 0.865. The van der Waals surface area contributed by atoms with Gasteiger partial charge in [0.15, 0.2) is 0 Å². The summed E-state index contributed by atoms with van der Waals surface area (Å²) in [6.07, 6.45) is 0.165. The highest BCUT2D eigenvalue weighted by atomic mass is 32.2. The van der Waals surface area contributed by atoms with Gasteiger partial charge in [0, 0.05) is 20.0 Å². The molecule has 0 radical (unpaired) electrons. The summed E-state index contributed by atoms with van der Waals surface area (Å²) in [4.78, 5) is 4.36. The Bertz CT molecular complexity index is 700.